The van der Waals surface area contributed by atoms with E-state index in [2.05, 4.69) is 4.74 Å². The summed E-state index contributed by atoms with van der Waals surface area (Å²) in [6.07, 6.45) is -10.8. The number of halogens is 7. The highest BCUT2D eigenvalue weighted by Gasteiger charge is 2.41. The van der Waals surface area contributed by atoms with Gasteiger partial charge in [0.1, 0.15) is 13.2 Å². The van der Waals surface area contributed by atoms with Gasteiger partial charge in [0.2, 0.25) is 0 Å². The SMILES string of the molecule is O=C(CCC(F)(F)F)COCC(F)(F)C(F)F. The highest BCUT2D eigenvalue weighted by Crippen LogP contribution is 2.23. The number of carbonyl (C=O) groups is 1. The van der Waals surface area contributed by atoms with Crippen LogP contribution in [0.15, 0.2) is 0 Å². The summed E-state index contributed by atoms with van der Waals surface area (Å²) in [5.41, 5.74) is 0. The van der Waals surface area contributed by atoms with E-state index in [-0.39, 0.29) is 0 Å². The number of carbonyl (C=O) groups excluding carboxylic acids is 1. The van der Waals surface area contributed by atoms with Gasteiger partial charge in [0.15, 0.2) is 5.78 Å². The Morgan fingerprint density at radius 1 is 1.12 bits per heavy atom. The van der Waals surface area contributed by atoms with Crippen LogP contribution in [0.25, 0.3) is 0 Å². The Hall–Kier alpha value is -0.860. The first-order chi connectivity index (χ1) is 7.54. The first kappa shape index (κ1) is 16.1. The van der Waals surface area contributed by atoms with Crippen LogP contribution >= 0.6 is 0 Å². The zero-order chi connectivity index (χ0) is 13.7. The maximum atomic E-state index is 12.2. The maximum absolute atomic E-state index is 12.2. The zero-order valence-electron chi connectivity index (χ0n) is 8.37. The number of hydrogen-bond acceptors (Lipinski definition) is 2. The van der Waals surface area contributed by atoms with E-state index in [1.54, 1.807) is 0 Å². The second-order valence-corrected chi connectivity index (χ2v) is 3.21. The van der Waals surface area contributed by atoms with Gasteiger partial charge in [0.05, 0.1) is 6.42 Å². The van der Waals surface area contributed by atoms with Crippen LogP contribution in [0.5, 0.6) is 0 Å². The van der Waals surface area contributed by atoms with Crippen LogP contribution in [0.2, 0.25) is 0 Å². The van der Waals surface area contributed by atoms with Crippen LogP contribution < -0.4 is 0 Å². The Bertz CT molecular complexity index is 249. The van der Waals surface area contributed by atoms with Crippen LogP contribution in [0.4, 0.5) is 30.7 Å². The normalized spacial score (nSPS) is 13.2. The number of Topliss-reactive ketones (excluding diaryl/α,β-unsaturated/α-hetero) is 1. The van der Waals surface area contributed by atoms with Gasteiger partial charge in [0, 0.05) is 6.42 Å². The quantitative estimate of drug-likeness (QED) is 0.665. The minimum absolute atomic E-state index is 0.927. The average molecular weight is 270 g/mol. The molecule has 0 fully saturated rings. The highest BCUT2D eigenvalue weighted by atomic mass is 19.4. The summed E-state index contributed by atoms with van der Waals surface area (Å²) in [4.78, 5) is 10.7. The molecule has 0 aliphatic heterocycles. The van der Waals surface area contributed by atoms with Gasteiger partial charge in [-0.25, -0.2) is 8.78 Å². The van der Waals surface area contributed by atoms with Crippen molar-refractivity contribution in [3.8, 4) is 0 Å². The lowest BCUT2D eigenvalue weighted by Crippen LogP contribution is -2.33. The molecule has 0 unspecified atom stereocenters. The molecule has 0 spiro atoms. The monoisotopic (exact) mass is 270 g/mol. The van der Waals surface area contributed by atoms with Crippen molar-refractivity contribution in [2.24, 2.45) is 0 Å². The lowest BCUT2D eigenvalue weighted by atomic mass is 10.2. The molecule has 0 aromatic heterocycles. The molecular weight excluding hydrogens is 261 g/mol. The van der Waals surface area contributed by atoms with E-state index >= 15 is 0 Å². The van der Waals surface area contributed by atoms with Crippen molar-refractivity contribution in [1.82, 2.24) is 0 Å². The third-order valence-electron chi connectivity index (χ3n) is 1.56. The molecule has 0 saturated heterocycles. The molecule has 0 N–H and O–H groups in total. The molecule has 102 valence electrons. The number of alkyl halides is 7. The van der Waals surface area contributed by atoms with E-state index in [4.69, 9.17) is 0 Å². The molecule has 0 aliphatic rings. The summed E-state index contributed by atoms with van der Waals surface area (Å²) >= 11 is 0. The molecule has 2 nitrogen and oxygen atoms in total. The Morgan fingerprint density at radius 3 is 2.06 bits per heavy atom. The summed E-state index contributed by atoms with van der Waals surface area (Å²) in [5, 5.41) is 0. The molecule has 0 aromatic rings. The summed E-state index contributed by atoms with van der Waals surface area (Å²) in [6.45, 7) is -2.75. The van der Waals surface area contributed by atoms with Crippen molar-refractivity contribution in [2.45, 2.75) is 31.4 Å². The van der Waals surface area contributed by atoms with Crippen molar-refractivity contribution in [1.29, 1.82) is 0 Å². The summed E-state index contributed by atoms with van der Waals surface area (Å²) in [7, 11) is 0. The fraction of sp³-hybridized carbons (Fsp3) is 0.875. The summed E-state index contributed by atoms with van der Waals surface area (Å²) < 4.78 is 86.4. The van der Waals surface area contributed by atoms with Crippen LogP contribution in [-0.4, -0.2) is 37.5 Å². The fourth-order valence-corrected chi connectivity index (χ4v) is 0.717. The predicted octanol–water partition coefficient (Wildman–Crippen LogP) is 2.82. The molecule has 0 aromatic carbocycles. The van der Waals surface area contributed by atoms with Crippen LogP contribution in [-0.2, 0) is 9.53 Å². The Kier molecular flexibility index (Phi) is 5.86. The van der Waals surface area contributed by atoms with Crippen molar-refractivity contribution >= 4 is 5.78 Å². The molecule has 0 radical (unpaired) electrons. The molecule has 0 aliphatic carbocycles. The molecule has 9 heteroatoms. The van der Waals surface area contributed by atoms with E-state index in [1.165, 1.54) is 0 Å². The summed E-state index contributed by atoms with van der Waals surface area (Å²) in [5.74, 6) is -5.49. The van der Waals surface area contributed by atoms with Crippen LogP contribution in [0, 0.1) is 0 Å². The molecule has 0 amide bonds. The Balaban J connectivity index is 3.80. The van der Waals surface area contributed by atoms with Gasteiger partial charge in [-0.3, -0.25) is 4.79 Å². The van der Waals surface area contributed by atoms with Crippen molar-refractivity contribution < 1.29 is 40.3 Å². The van der Waals surface area contributed by atoms with E-state index in [1.807, 2.05) is 0 Å². The van der Waals surface area contributed by atoms with E-state index in [0.717, 1.165) is 0 Å². The molecule has 0 saturated carbocycles. The van der Waals surface area contributed by atoms with Crippen molar-refractivity contribution in [2.75, 3.05) is 13.2 Å². The zero-order valence-corrected chi connectivity index (χ0v) is 8.37. The first-order valence-electron chi connectivity index (χ1n) is 4.37. The number of hydrogen-bond donors (Lipinski definition) is 0. The molecule has 0 heterocycles. The average Bonchev–Trinajstić information content (AvgIpc) is 2.13. The second-order valence-electron chi connectivity index (χ2n) is 3.21. The van der Waals surface area contributed by atoms with Gasteiger partial charge in [-0.15, -0.1) is 0 Å². The van der Waals surface area contributed by atoms with Crippen LogP contribution in [0.1, 0.15) is 12.8 Å². The smallest absolute Gasteiger partial charge is 0.367 e. The first-order valence-corrected chi connectivity index (χ1v) is 4.37. The Morgan fingerprint density at radius 2 is 1.65 bits per heavy atom. The van der Waals surface area contributed by atoms with Gasteiger partial charge in [-0.1, -0.05) is 0 Å². The summed E-state index contributed by atoms with van der Waals surface area (Å²) in [6, 6.07) is 0. The lowest BCUT2D eigenvalue weighted by molar-refractivity contribution is -0.169. The Labute approximate surface area is 91.7 Å². The number of ether oxygens (including phenoxy) is 1. The lowest BCUT2D eigenvalue weighted by Gasteiger charge is -2.14. The minimum atomic E-state index is -4.54. The number of ketones is 1. The van der Waals surface area contributed by atoms with Gasteiger partial charge >= 0.3 is 18.5 Å². The molecule has 0 bridgehead atoms. The molecule has 17 heavy (non-hydrogen) atoms. The minimum Gasteiger partial charge on any atom is -0.367 e. The van der Waals surface area contributed by atoms with E-state index in [0.29, 0.717) is 0 Å². The third-order valence-corrected chi connectivity index (χ3v) is 1.56. The van der Waals surface area contributed by atoms with E-state index in [9.17, 15) is 35.5 Å². The van der Waals surface area contributed by atoms with Gasteiger partial charge < -0.3 is 4.74 Å². The van der Waals surface area contributed by atoms with Crippen LogP contribution in [0.3, 0.4) is 0 Å². The third kappa shape index (κ3) is 7.94. The topological polar surface area (TPSA) is 26.3 Å². The molecule has 0 atom stereocenters. The largest absolute Gasteiger partial charge is 0.389 e. The maximum Gasteiger partial charge on any atom is 0.389 e. The molecule has 0 rings (SSSR count). The van der Waals surface area contributed by atoms with Crippen molar-refractivity contribution in [3.05, 3.63) is 0 Å². The van der Waals surface area contributed by atoms with Crippen molar-refractivity contribution in [3.63, 3.8) is 0 Å². The second kappa shape index (κ2) is 6.18. The van der Waals surface area contributed by atoms with Gasteiger partial charge in [-0.05, 0) is 0 Å². The predicted molar refractivity (Wildman–Crippen MR) is 42.1 cm³/mol. The highest BCUT2D eigenvalue weighted by molar-refractivity contribution is 5.79. The van der Waals surface area contributed by atoms with Gasteiger partial charge in [-0.2, -0.15) is 22.0 Å². The number of rotatable bonds is 7. The fourth-order valence-electron chi connectivity index (χ4n) is 0.717. The standard InChI is InChI=1S/C8H9F7O2/c9-6(10)7(11,12)4-17-3-5(16)1-2-8(13,14)15/h6H,1-4H2. The van der Waals surface area contributed by atoms with E-state index < -0.39 is 50.4 Å². The van der Waals surface area contributed by atoms with Gasteiger partial charge in [0.25, 0.3) is 0 Å². The molecular formula is C8H9F7O2.